The van der Waals surface area contributed by atoms with Gasteiger partial charge < -0.3 is 9.47 Å². The quantitative estimate of drug-likeness (QED) is 0.296. The summed E-state index contributed by atoms with van der Waals surface area (Å²) >= 11 is 0. The van der Waals surface area contributed by atoms with Crippen LogP contribution in [-0.4, -0.2) is 23.9 Å². The predicted octanol–water partition coefficient (Wildman–Crippen LogP) is 5.48. The molecule has 0 amide bonds. The molecule has 6 heteroatoms. The van der Waals surface area contributed by atoms with E-state index in [0.717, 1.165) is 10.9 Å². The van der Waals surface area contributed by atoms with Crippen molar-refractivity contribution in [1.29, 1.82) is 0 Å². The van der Waals surface area contributed by atoms with Crippen molar-refractivity contribution in [2.75, 3.05) is 0 Å². The van der Waals surface area contributed by atoms with Crippen LogP contribution in [0.4, 0.5) is 0 Å². The van der Waals surface area contributed by atoms with Gasteiger partial charge in [-0.2, -0.15) is 0 Å². The molecule has 166 valence electrons. The first kappa shape index (κ1) is 22.4. The summed E-state index contributed by atoms with van der Waals surface area (Å²) in [6.45, 7) is 3.64. The predicted molar refractivity (Wildman–Crippen MR) is 126 cm³/mol. The van der Waals surface area contributed by atoms with Crippen LogP contribution in [0.2, 0.25) is 0 Å². The van der Waals surface area contributed by atoms with Crippen molar-refractivity contribution >= 4 is 40.7 Å². The Bertz CT molecular complexity index is 1430. The van der Waals surface area contributed by atoms with Gasteiger partial charge in [-0.05, 0) is 46.7 Å². The molecule has 0 atom stereocenters. The minimum Gasteiger partial charge on any atom is -0.386 e. The van der Waals surface area contributed by atoms with E-state index in [9.17, 15) is 19.2 Å². The highest BCUT2D eigenvalue weighted by Gasteiger charge is 2.24. The van der Waals surface area contributed by atoms with Crippen molar-refractivity contribution in [3.8, 4) is 0 Å². The van der Waals surface area contributed by atoms with Crippen LogP contribution >= 0.6 is 0 Å². The summed E-state index contributed by atoms with van der Waals surface area (Å²) in [5.74, 6) is -3.81. The number of carbonyl (C=O) groups excluding carboxylic acids is 4. The number of benzene rings is 4. The number of rotatable bonds is 5. The van der Waals surface area contributed by atoms with E-state index in [1.165, 1.54) is 36.4 Å². The molecule has 6 nitrogen and oxygen atoms in total. The summed E-state index contributed by atoms with van der Waals surface area (Å²) in [6.07, 6.45) is 1.61. The van der Waals surface area contributed by atoms with E-state index in [1.807, 2.05) is 18.2 Å². The van der Waals surface area contributed by atoms with Gasteiger partial charge in [0.2, 0.25) is 0 Å². The van der Waals surface area contributed by atoms with Crippen LogP contribution in [0.25, 0.3) is 16.8 Å². The van der Waals surface area contributed by atoms with Crippen molar-refractivity contribution in [1.82, 2.24) is 0 Å². The first-order chi connectivity index (χ1) is 16.5. The highest BCUT2D eigenvalue weighted by atomic mass is 16.6. The van der Waals surface area contributed by atoms with E-state index < -0.39 is 23.9 Å². The molecule has 4 aromatic carbocycles. The molecule has 0 saturated heterocycles. The fourth-order valence-electron chi connectivity index (χ4n) is 3.39. The van der Waals surface area contributed by atoms with Crippen LogP contribution in [0.3, 0.4) is 0 Å². The number of ether oxygens (including phenoxy) is 2. The molecule has 0 radical (unpaired) electrons. The molecule has 4 aromatic rings. The van der Waals surface area contributed by atoms with Gasteiger partial charge in [0.05, 0.1) is 22.3 Å². The zero-order valence-electron chi connectivity index (χ0n) is 17.9. The maximum Gasteiger partial charge on any atom is 0.346 e. The summed E-state index contributed by atoms with van der Waals surface area (Å²) in [5, 5.41) is 1.44. The number of fused-ring (bicyclic) bond motifs is 1. The lowest BCUT2D eigenvalue weighted by molar-refractivity contribution is 0.0357. The van der Waals surface area contributed by atoms with E-state index in [-0.39, 0.29) is 22.3 Å². The minimum absolute atomic E-state index is 0.158. The lowest BCUT2D eigenvalue weighted by atomic mass is 10.0. The Hall–Kier alpha value is -4.84. The van der Waals surface area contributed by atoms with Crippen LogP contribution < -0.4 is 0 Å². The third kappa shape index (κ3) is 4.66. The number of esters is 4. The van der Waals surface area contributed by atoms with Crippen LogP contribution in [0, 0.1) is 0 Å². The zero-order valence-corrected chi connectivity index (χ0v) is 17.9. The number of hydrogen-bond acceptors (Lipinski definition) is 6. The molecular formula is C28H18O6. The molecule has 0 heterocycles. The Labute approximate surface area is 195 Å². The smallest absolute Gasteiger partial charge is 0.346 e. The average Bonchev–Trinajstić information content (AvgIpc) is 2.88. The molecule has 0 fully saturated rings. The Balaban J connectivity index is 1.53. The lowest BCUT2D eigenvalue weighted by Crippen LogP contribution is -2.19. The molecule has 0 unspecified atom stereocenters. The van der Waals surface area contributed by atoms with Crippen molar-refractivity contribution in [2.45, 2.75) is 0 Å². The van der Waals surface area contributed by atoms with Gasteiger partial charge in [-0.15, -0.1) is 0 Å². The molecule has 0 spiro atoms. The lowest BCUT2D eigenvalue weighted by Gasteiger charge is -2.09. The third-order valence-electron chi connectivity index (χ3n) is 5.13. The largest absolute Gasteiger partial charge is 0.386 e. The molecule has 0 aliphatic carbocycles. The zero-order chi connectivity index (χ0) is 24.1. The maximum atomic E-state index is 12.8. The standard InChI is InChI=1S/C28H18O6/c1-2-18-14-16-20(17-15-18)25(29)33-27(31)23-11-5-6-12-24(23)28(32)34-26(30)22-13-7-9-19-8-3-4-10-21(19)22/h2-17H,1H2. The van der Waals surface area contributed by atoms with Gasteiger partial charge in [0.15, 0.2) is 0 Å². The van der Waals surface area contributed by atoms with Gasteiger partial charge in [0, 0.05) is 0 Å². The van der Waals surface area contributed by atoms with Crippen LogP contribution in [0.1, 0.15) is 47.0 Å². The van der Waals surface area contributed by atoms with Crippen molar-refractivity contribution in [3.05, 3.63) is 125 Å². The van der Waals surface area contributed by atoms with Gasteiger partial charge >= 0.3 is 23.9 Å². The molecule has 0 aliphatic rings. The van der Waals surface area contributed by atoms with Crippen LogP contribution in [-0.2, 0) is 9.47 Å². The summed E-state index contributed by atoms with van der Waals surface area (Å²) in [4.78, 5) is 50.5. The molecule has 0 aliphatic heterocycles. The van der Waals surface area contributed by atoms with E-state index in [4.69, 9.17) is 9.47 Å². The van der Waals surface area contributed by atoms with Gasteiger partial charge in [-0.25, -0.2) is 19.2 Å². The van der Waals surface area contributed by atoms with E-state index >= 15 is 0 Å². The highest BCUT2D eigenvalue weighted by Crippen LogP contribution is 2.21. The molecule has 0 bridgehead atoms. The van der Waals surface area contributed by atoms with Gasteiger partial charge in [-0.1, -0.05) is 73.3 Å². The molecular weight excluding hydrogens is 432 g/mol. The van der Waals surface area contributed by atoms with Gasteiger partial charge in [0.1, 0.15) is 0 Å². The second kappa shape index (κ2) is 9.75. The molecule has 0 saturated carbocycles. The Morgan fingerprint density at radius 2 is 1.06 bits per heavy atom. The van der Waals surface area contributed by atoms with E-state index in [1.54, 1.807) is 42.5 Å². The first-order valence-electron chi connectivity index (χ1n) is 10.3. The first-order valence-corrected chi connectivity index (χ1v) is 10.3. The molecule has 0 N–H and O–H groups in total. The monoisotopic (exact) mass is 450 g/mol. The van der Waals surface area contributed by atoms with E-state index in [2.05, 4.69) is 6.58 Å². The Morgan fingerprint density at radius 3 is 1.71 bits per heavy atom. The topological polar surface area (TPSA) is 86.7 Å². The summed E-state index contributed by atoms with van der Waals surface area (Å²) < 4.78 is 9.99. The SMILES string of the molecule is C=Cc1ccc(C(=O)OC(=O)c2ccccc2C(=O)OC(=O)c2cccc3ccccc23)cc1. The van der Waals surface area contributed by atoms with Crippen LogP contribution in [0.15, 0.2) is 97.6 Å². The fourth-order valence-corrected chi connectivity index (χ4v) is 3.39. The van der Waals surface area contributed by atoms with Crippen LogP contribution in [0.5, 0.6) is 0 Å². The third-order valence-corrected chi connectivity index (χ3v) is 5.13. The second-order valence-electron chi connectivity index (χ2n) is 7.25. The second-order valence-corrected chi connectivity index (χ2v) is 7.25. The van der Waals surface area contributed by atoms with E-state index in [0.29, 0.717) is 5.39 Å². The molecule has 34 heavy (non-hydrogen) atoms. The van der Waals surface area contributed by atoms with Crippen molar-refractivity contribution in [2.24, 2.45) is 0 Å². The molecule has 4 rings (SSSR count). The number of hydrogen-bond donors (Lipinski definition) is 0. The summed E-state index contributed by atoms with van der Waals surface area (Å²) in [6, 6.07) is 24.2. The Morgan fingerprint density at radius 1 is 0.559 bits per heavy atom. The van der Waals surface area contributed by atoms with Crippen molar-refractivity contribution in [3.63, 3.8) is 0 Å². The van der Waals surface area contributed by atoms with Crippen molar-refractivity contribution < 1.29 is 28.7 Å². The maximum absolute atomic E-state index is 12.8. The Kier molecular flexibility index (Phi) is 6.41. The van der Waals surface area contributed by atoms with Gasteiger partial charge in [0.25, 0.3) is 0 Å². The number of carbonyl (C=O) groups is 4. The summed E-state index contributed by atoms with van der Waals surface area (Å²) in [7, 11) is 0. The summed E-state index contributed by atoms with van der Waals surface area (Å²) in [5.41, 5.74) is 0.770. The molecule has 0 aromatic heterocycles. The average molecular weight is 450 g/mol. The fraction of sp³-hybridized carbons (Fsp3) is 0. The minimum atomic E-state index is -1.04. The highest BCUT2D eigenvalue weighted by molar-refractivity contribution is 6.13. The normalized spacial score (nSPS) is 10.4. The van der Waals surface area contributed by atoms with Gasteiger partial charge in [-0.3, -0.25) is 0 Å².